The molecule has 0 fully saturated rings. The Balaban J connectivity index is 1.80. The van der Waals surface area contributed by atoms with Crippen LogP contribution in [0.1, 0.15) is 52.4 Å². The topological polar surface area (TPSA) is 121 Å². The van der Waals surface area contributed by atoms with Crippen LogP contribution in [0.25, 0.3) is 22.1 Å². The van der Waals surface area contributed by atoms with E-state index in [4.69, 9.17) is 20.9 Å². The molecule has 0 bridgehead atoms. The van der Waals surface area contributed by atoms with Crippen LogP contribution < -0.4 is 11.4 Å². The molecule has 2 aromatic carbocycles. The summed E-state index contributed by atoms with van der Waals surface area (Å²) in [6.07, 6.45) is 0.947. The Bertz CT molecular complexity index is 1500. The SMILES string of the molecule is CC(C)CCn1c(Cn2c(=O)n(CC(=O)OC(C)(C)C)c3ccccc32)nc2cc(C(=N)N)ccc21. The van der Waals surface area contributed by atoms with Gasteiger partial charge in [-0.1, -0.05) is 26.0 Å². The second-order valence-corrected chi connectivity index (χ2v) is 10.5. The molecule has 3 N–H and O–H groups in total. The molecule has 190 valence electrons. The molecule has 0 atom stereocenters. The first-order valence-electron chi connectivity index (χ1n) is 12.2. The summed E-state index contributed by atoms with van der Waals surface area (Å²) in [5, 5.41) is 7.78. The largest absolute Gasteiger partial charge is 0.459 e. The number of aryl methyl sites for hydroxylation is 1. The number of nitrogens with one attached hydrogen (secondary N) is 1. The summed E-state index contributed by atoms with van der Waals surface area (Å²) in [5.41, 5.74) is 8.41. The molecule has 36 heavy (non-hydrogen) atoms. The fourth-order valence-corrected chi connectivity index (χ4v) is 4.33. The number of nitrogens with two attached hydrogens (primary N) is 1. The molecule has 4 aromatic rings. The molecule has 0 spiro atoms. The lowest BCUT2D eigenvalue weighted by molar-refractivity contribution is -0.155. The fraction of sp³-hybridized carbons (Fsp3) is 0.407. The number of nitrogens with zero attached hydrogens (tertiary/aromatic N) is 4. The van der Waals surface area contributed by atoms with Gasteiger partial charge in [-0.3, -0.25) is 19.3 Å². The van der Waals surface area contributed by atoms with E-state index in [1.807, 2.05) is 42.5 Å². The minimum absolute atomic E-state index is 0.0170. The first kappa shape index (κ1) is 25.2. The number of carbonyl (C=O) groups excluding carboxylic acids is 1. The van der Waals surface area contributed by atoms with Crippen molar-refractivity contribution in [2.24, 2.45) is 11.7 Å². The van der Waals surface area contributed by atoms with Gasteiger partial charge in [0.15, 0.2) is 0 Å². The van der Waals surface area contributed by atoms with Crippen LogP contribution in [0.2, 0.25) is 0 Å². The van der Waals surface area contributed by atoms with Crippen molar-refractivity contribution in [1.29, 1.82) is 5.41 Å². The van der Waals surface area contributed by atoms with E-state index in [0.717, 1.165) is 35.3 Å². The highest BCUT2D eigenvalue weighted by atomic mass is 16.6. The third-order valence-corrected chi connectivity index (χ3v) is 6.00. The highest BCUT2D eigenvalue weighted by molar-refractivity contribution is 5.98. The molecule has 9 nitrogen and oxygen atoms in total. The van der Waals surface area contributed by atoms with Gasteiger partial charge in [0.2, 0.25) is 0 Å². The average molecular weight is 491 g/mol. The molecule has 0 unspecified atom stereocenters. The number of ether oxygens (including phenoxy) is 1. The summed E-state index contributed by atoms with van der Waals surface area (Å²) in [4.78, 5) is 31.0. The van der Waals surface area contributed by atoms with Crippen molar-refractivity contribution in [3.05, 3.63) is 64.3 Å². The molecule has 2 aromatic heterocycles. The Morgan fingerprint density at radius 1 is 1.06 bits per heavy atom. The smallest absolute Gasteiger partial charge is 0.330 e. The van der Waals surface area contributed by atoms with Gasteiger partial charge < -0.3 is 15.0 Å². The van der Waals surface area contributed by atoms with Crippen molar-refractivity contribution in [3.63, 3.8) is 0 Å². The normalized spacial score (nSPS) is 12.1. The maximum Gasteiger partial charge on any atom is 0.330 e. The standard InChI is InChI=1S/C27H34N6O3/c1-17(2)12-13-31-20-11-10-18(25(28)29)14-19(20)30-23(31)15-32-21-8-6-7-9-22(21)33(26(32)35)16-24(34)36-27(3,4)5/h6-11,14,17H,12-13,15-16H2,1-5H3,(H3,28,29). The predicted molar refractivity (Wildman–Crippen MR) is 141 cm³/mol. The van der Waals surface area contributed by atoms with Gasteiger partial charge in [-0.25, -0.2) is 9.78 Å². The second-order valence-electron chi connectivity index (χ2n) is 10.5. The molecule has 0 saturated carbocycles. The fourth-order valence-electron chi connectivity index (χ4n) is 4.33. The van der Waals surface area contributed by atoms with E-state index in [9.17, 15) is 9.59 Å². The third-order valence-electron chi connectivity index (χ3n) is 6.00. The van der Waals surface area contributed by atoms with E-state index in [1.165, 1.54) is 4.57 Å². The number of para-hydroxylation sites is 2. The minimum Gasteiger partial charge on any atom is -0.459 e. The molecule has 2 heterocycles. The van der Waals surface area contributed by atoms with Crippen molar-refractivity contribution in [3.8, 4) is 0 Å². The molecule has 0 radical (unpaired) electrons. The number of hydrogen-bond acceptors (Lipinski definition) is 5. The summed E-state index contributed by atoms with van der Waals surface area (Å²) in [7, 11) is 0. The lowest BCUT2D eigenvalue weighted by atomic mass is 10.1. The monoisotopic (exact) mass is 490 g/mol. The molecule has 9 heteroatoms. The van der Waals surface area contributed by atoms with Crippen LogP contribution in [-0.4, -0.2) is 36.1 Å². The predicted octanol–water partition coefficient (Wildman–Crippen LogP) is 3.87. The zero-order valence-electron chi connectivity index (χ0n) is 21.5. The highest BCUT2D eigenvalue weighted by Crippen LogP contribution is 2.22. The van der Waals surface area contributed by atoms with Crippen LogP contribution in [0.5, 0.6) is 0 Å². The van der Waals surface area contributed by atoms with Crippen LogP contribution in [0.4, 0.5) is 0 Å². The second kappa shape index (κ2) is 9.64. The van der Waals surface area contributed by atoms with Gasteiger partial charge >= 0.3 is 11.7 Å². The number of rotatable bonds is 8. The summed E-state index contributed by atoms with van der Waals surface area (Å²) in [6, 6.07) is 13.0. The molecule has 0 aliphatic rings. The number of nitrogen functional groups attached to an aromatic ring is 1. The van der Waals surface area contributed by atoms with E-state index in [-0.39, 0.29) is 24.6 Å². The van der Waals surface area contributed by atoms with Gasteiger partial charge in [0, 0.05) is 12.1 Å². The van der Waals surface area contributed by atoms with E-state index in [2.05, 4.69) is 18.4 Å². The number of amidine groups is 1. The van der Waals surface area contributed by atoms with E-state index < -0.39 is 11.6 Å². The number of hydrogen-bond donors (Lipinski definition) is 2. The molecular weight excluding hydrogens is 456 g/mol. The summed E-state index contributed by atoms with van der Waals surface area (Å²) >= 11 is 0. The third kappa shape index (κ3) is 5.19. The first-order valence-corrected chi connectivity index (χ1v) is 12.2. The summed E-state index contributed by atoms with van der Waals surface area (Å²) < 4.78 is 10.7. The van der Waals surface area contributed by atoms with Gasteiger partial charge in [-0.05, 0) is 63.4 Å². The van der Waals surface area contributed by atoms with Gasteiger partial charge in [-0.2, -0.15) is 0 Å². The van der Waals surface area contributed by atoms with Crippen molar-refractivity contribution >= 4 is 33.9 Å². The number of carbonyl (C=O) groups is 1. The number of benzene rings is 2. The zero-order chi connectivity index (χ0) is 26.2. The maximum absolute atomic E-state index is 13.6. The molecule has 0 amide bonds. The number of fused-ring (bicyclic) bond motifs is 2. The molecule has 4 rings (SSSR count). The lowest BCUT2D eigenvalue weighted by Crippen LogP contribution is -2.32. The quantitative estimate of drug-likeness (QED) is 0.221. The van der Waals surface area contributed by atoms with Crippen molar-refractivity contribution < 1.29 is 9.53 Å². The number of imidazole rings is 2. The van der Waals surface area contributed by atoms with Gasteiger partial charge in [-0.15, -0.1) is 0 Å². The Labute approximate surface area is 210 Å². The molecule has 0 saturated heterocycles. The Kier molecular flexibility index (Phi) is 6.75. The van der Waals surface area contributed by atoms with Crippen LogP contribution in [0.3, 0.4) is 0 Å². The molecular formula is C27H34N6O3. The van der Waals surface area contributed by atoms with Crippen LogP contribution in [0, 0.1) is 11.3 Å². The molecule has 0 aliphatic carbocycles. The Hall–Kier alpha value is -3.88. The lowest BCUT2D eigenvalue weighted by Gasteiger charge is -2.19. The molecule has 0 aliphatic heterocycles. The highest BCUT2D eigenvalue weighted by Gasteiger charge is 2.22. The van der Waals surface area contributed by atoms with Crippen LogP contribution >= 0.6 is 0 Å². The maximum atomic E-state index is 13.6. The Morgan fingerprint density at radius 3 is 2.33 bits per heavy atom. The number of aromatic nitrogens is 4. The minimum atomic E-state index is -0.640. The van der Waals surface area contributed by atoms with E-state index >= 15 is 0 Å². The van der Waals surface area contributed by atoms with Gasteiger partial charge in [0.25, 0.3) is 0 Å². The van der Waals surface area contributed by atoms with Crippen molar-refractivity contribution in [2.75, 3.05) is 0 Å². The van der Waals surface area contributed by atoms with Crippen molar-refractivity contribution in [1.82, 2.24) is 18.7 Å². The van der Waals surface area contributed by atoms with E-state index in [1.54, 1.807) is 25.3 Å². The summed E-state index contributed by atoms with van der Waals surface area (Å²) in [6.45, 7) is 10.6. The van der Waals surface area contributed by atoms with Crippen molar-refractivity contribution in [2.45, 2.75) is 66.3 Å². The van der Waals surface area contributed by atoms with Gasteiger partial charge in [0.05, 0.1) is 28.6 Å². The zero-order valence-corrected chi connectivity index (χ0v) is 21.5. The van der Waals surface area contributed by atoms with Gasteiger partial charge in [0.1, 0.15) is 23.8 Å². The number of esters is 1. The Morgan fingerprint density at radius 2 is 1.72 bits per heavy atom. The summed E-state index contributed by atoms with van der Waals surface area (Å²) in [5.74, 6) is 0.740. The van der Waals surface area contributed by atoms with Crippen LogP contribution in [-0.2, 0) is 29.2 Å². The first-order chi connectivity index (χ1) is 16.9. The average Bonchev–Trinajstić information content (AvgIpc) is 3.26. The van der Waals surface area contributed by atoms with E-state index in [0.29, 0.717) is 17.0 Å². The van der Waals surface area contributed by atoms with Crippen LogP contribution in [0.15, 0.2) is 47.3 Å².